The van der Waals surface area contributed by atoms with Crippen LogP contribution in [0, 0.1) is 17.6 Å². The van der Waals surface area contributed by atoms with Crippen molar-refractivity contribution in [1.82, 2.24) is 5.32 Å². The summed E-state index contributed by atoms with van der Waals surface area (Å²) in [6.45, 7) is 0.317. The Kier molecular flexibility index (Phi) is 4.39. The van der Waals surface area contributed by atoms with Gasteiger partial charge in [0.25, 0.3) is 0 Å². The molecule has 1 fully saturated rings. The topological polar surface area (TPSA) is 55.1 Å². The van der Waals surface area contributed by atoms with E-state index in [1.54, 1.807) is 0 Å². The van der Waals surface area contributed by atoms with Crippen LogP contribution in [-0.2, 0) is 4.79 Å². The molecule has 120 valence electrons. The van der Waals surface area contributed by atoms with Crippen LogP contribution in [0.5, 0.6) is 0 Å². The molecular weight excluding hydrogens is 298 g/mol. The number of amides is 1. The number of rotatable bonds is 5. The summed E-state index contributed by atoms with van der Waals surface area (Å²) in [4.78, 5) is 12.1. The number of hydrogen-bond acceptors (Lipinski definition) is 2. The van der Waals surface area contributed by atoms with Gasteiger partial charge >= 0.3 is 0 Å². The third kappa shape index (κ3) is 3.56. The Labute approximate surface area is 133 Å². The smallest absolute Gasteiger partial charge is 0.223 e. The first-order valence-corrected chi connectivity index (χ1v) is 7.59. The molecule has 1 saturated carbocycles. The van der Waals surface area contributed by atoms with Gasteiger partial charge in [0, 0.05) is 18.5 Å². The van der Waals surface area contributed by atoms with Gasteiger partial charge in [0.2, 0.25) is 5.91 Å². The predicted molar refractivity (Wildman–Crippen MR) is 83.6 cm³/mol. The first kappa shape index (κ1) is 15.6. The van der Waals surface area contributed by atoms with Gasteiger partial charge in [-0.3, -0.25) is 4.79 Å². The van der Waals surface area contributed by atoms with Crippen LogP contribution in [0.4, 0.5) is 8.78 Å². The Morgan fingerprint density at radius 1 is 1.22 bits per heavy atom. The molecule has 3 N–H and O–H groups in total. The summed E-state index contributed by atoms with van der Waals surface area (Å²) in [5.74, 6) is -1.68. The van der Waals surface area contributed by atoms with Crippen LogP contribution in [0.25, 0.3) is 0 Å². The SMILES string of the molecule is NC(CNC(=O)C1CC1c1cc(F)ccc1F)c1ccccc1. The van der Waals surface area contributed by atoms with Crippen molar-refractivity contribution in [3.63, 3.8) is 0 Å². The lowest BCUT2D eigenvalue weighted by Gasteiger charge is -2.13. The average molecular weight is 316 g/mol. The quantitative estimate of drug-likeness (QED) is 0.891. The van der Waals surface area contributed by atoms with Crippen LogP contribution < -0.4 is 11.1 Å². The number of carbonyl (C=O) groups excluding carboxylic acids is 1. The summed E-state index contributed by atoms with van der Waals surface area (Å²) in [6, 6.07) is 12.5. The van der Waals surface area contributed by atoms with Gasteiger partial charge in [-0.05, 0) is 41.7 Å². The fourth-order valence-corrected chi connectivity index (χ4v) is 2.79. The molecule has 0 heterocycles. The van der Waals surface area contributed by atoms with Gasteiger partial charge in [-0.1, -0.05) is 30.3 Å². The van der Waals surface area contributed by atoms with E-state index in [0.717, 1.165) is 17.7 Å². The van der Waals surface area contributed by atoms with E-state index in [1.165, 1.54) is 6.07 Å². The van der Waals surface area contributed by atoms with Gasteiger partial charge < -0.3 is 11.1 Å². The Morgan fingerprint density at radius 3 is 2.70 bits per heavy atom. The zero-order chi connectivity index (χ0) is 16.4. The Hall–Kier alpha value is -2.27. The van der Waals surface area contributed by atoms with Crippen molar-refractivity contribution in [3.8, 4) is 0 Å². The molecule has 0 bridgehead atoms. The highest BCUT2D eigenvalue weighted by Gasteiger charge is 2.45. The van der Waals surface area contributed by atoms with Crippen LogP contribution >= 0.6 is 0 Å². The normalized spacial score (nSPS) is 20.8. The standard InChI is InChI=1S/C18H18F2N2O/c19-12-6-7-16(20)14(8-12)13-9-15(13)18(23)22-10-17(21)11-4-2-1-3-5-11/h1-8,13,15,17H,9-10,21H2,(H,22,23). The van der Waals surface area contributed by atoms with Crippen LogP contribution in [0.3, 0.4) is 0 Å². The van der Waals surface area contributed by atoms with E-state index in [-0.39, 0.29) is 29.3 Å². The third-order valence-corrected chi connectivity index (χ3v) is 4.21. The first-order chi connectivity index (χ1) is 11.1. The van der Waals surface area contributed by atoms with E-state index in [1.807, 2.05) is 30.3 Å². The molecule has 1 aliphatic rings. The molecule has 3 unspecified atom stereocenters. The molecule has 0 saturated heterocycles. The van der Waals surface area contributed by atoms with Gasteiger partial charge in [0.15, 0.2) is 0 Å². The Bertz CT molecular complexity index is 705. The summed E-state index contributed by atoms with van der Waals surface area (Å²) in [5.41, 5.74) is 7.25. The molecule has 0 aliphatic heterocycles. The third-order valence-electron chi connectivity index (χ3n) is 4.21. The lowest BCUT2D eigenvalue weighted by atomic mass is 10.1. The number of nitrogens with one attached hydrogen (secondary N) is 1. The minimum absolute atomic E-state index is 0.162. The monoisotopic (exact) mass is 316 g/mol. The molecular formula is C18H18F2N2O. The highest BCUT2D eigenvalue weighted by molar-refractivity contribution is 5.83. The summed E-state index contributed by atoms with van der Waals surface area (Å²) in [6.07, 6.45) is 0.535. The van der Waals surface area contributed by atoms with Crippen LogP contribution in [-0.4, -0.2) is 12.5 Å². The van der Waals surface area contributed by atoms with Crippen molar-refractivity contribution < 1.29 is 13.6 Å². The van der Waals surface area contributed by atoms with Gasteiger partial charge in [-0.25, -0.2) is 8.78 Å². The fraction of sp³-hybridized carbons (Fsp3) is 0.278. The Balaban J connectivity index is 1.55. The van der Waals surface area contributed by atoms with Crippen molar-refractivity contribution in [3.05, 3.63) is 71.3 Å². The molecule has 2 aromatic rings. The number of nitrogens with two attached hydrogens (primary N) is 1. The fourth-order valence-electron chi connectivity index (χ4n) is 2.79. The van der Waals surface area contributed by atoms with Crippen LogP contribution in [0.15, 0.2) is 48.5 Å². The van der Waals surface area contributed by atoms with E-state index in [4.69, 9.17) is 5.73 Å². The molecule has 2 aromatic carbocycles. The van der Waals surface area contributed by atoms with Gasteiger partial charge in [0.1, 0.15) is 11.6 Å². The lowest BCUT2D eigenvalue weighted by Crippen LogP contribution is -2.33. The van der Waals surface area contributed by atoms with E-state index < -0.39 is 11.6 Å². The molecule has 1 aliphatic carbocycles. The molecule has 0 radical (unpaired) electrons. The van der Waals surface area contributed by atoms with Crippen LogP contribution in [0.2, 0.25) is 0 Å². The molecule has 0 spiro atoms. The largest absolute Gasteiger partial charge is 0.354 e. The average Bonchev–Trinajstić information content (AvgIpc) is 3.36. The highest BCUT2D eigenvalue weighted by atomic mass is 19.1. The second-order valence-electron chi connectivity index (χ2n) is 5.88. The lowest BCUT2D eigenvalue weighted by molar-refractivity contribution is -0.122. The number of halogens is 2. The Morgan fingerprint density at radius 2 is 1.96 bits per heavy atom. The summed E-state index contributed by atoms with van der Waals surface area (Å²) >= 11 is 0. The minimum Gasteiger partial charge on any atom is -0.354 e. The molecule has 3 nitrogen and oxygen atoms in total. The molecule has 5 heteroatoms. The van der Waals surface area contributed by atoms with Crippen molar-refractivity contribution in [2.45, 2.75) is 18.4 Å². The zero-order valence-electron chi connectivity index (χ0n) is 12.5. The molecule has 3 atom stereocenters. The van der Waals surface area contributed by atoms with E-state index in [0.29, 0.717) is 13.0 Å². The van der Waals surface area contributed by atoms with Crippen LogP contribution in [0.1, 0.15) is 29.5 Å². The maximum Gasteiger partial charge on any atom is 0.223 e. The highest BCUT2D eigenvalue weighted by Crippen LogP contribution is 2.48. The van der Waals surface area contributed by atoms with Gasteiger partial charge in [0.05, 0.1) is 0 Å². The second-order valence-corrected chi connectivity index (χ2v) is 5.88. The minimum atomic E-state index is -0.487. The molecule has 23 heavy (non-hydrogen) atoms. The number of carbonyl (C=O) groups is 1. The number of benzene rings is 2. The zero-order valence-corrected chi connectivity index (χ0v) is 12.5. The van der Waals surface area contributed by atoms with Crippen molar-refractivity contribution in [2.24, 2.45) is 11.7 Å². The summed E-state index contributed by atoms with van der Waals surface area (Å²) < 4.78 is 26.9. The van der Waals surface area contributed by atoms with Crippen molar-refractivity contribution in [1.29, 1.82) is 0 Å². The summed E-state index contributed by atoms with van der Waals surface area (Å²) in [7, 11) is 0. The molecule has 0 aromatic heterocycles. The van der Waals surface area contributed by atoms with E-state index in [9.17, 15) is 13.6 Å². The molecule has 1 amide bonds. The van der Waals surface area contributed by atoms with E-state index in [2.05, 4.69) is 5.32 Å². The maximum absolute atomic E-state index is 13.7. The van der Waals surface area contributed by atoms with Gasteiger partial charge in [-0.15, -0.1) is 0 Å². The summed E-state index contributed by atoms with van der Waals surface area (Å²) in [5, 5.41) is 2.80. The van der Waals surface area contributed by atoms with Crippen molar-refractivity contribution in [2.75, 3.05) is 6.54 Å². The number of hydrogen-bond donors (Lipinski definition) is 2. The first-order valence-electron chi connectivity index (χ1n) is 7.59. The van der Waals surface area contributed by atoms with Crippen molar-refractivity contribution >= 4 is 5.91 Å². The van der Waals surface area contributed by atoms with E-state index >= 15 is 0 Å². The maximum atomic E-state index is 13.7. The van der Waals surface area contributed by atoms with Gasteiger partial charge in [-0.2, -0.15) is 0 Å². The second kappa shape index (κ2) is 6.46. The predicted octanol–water partition coefficient (Wildman–Crippen LogP) is 2.88. The molecule has 3 rings (SSSR count).